The molecule has 2 nitrogen and oxygen atoms in total. The van der Waals surface area contributed by atoms with Crippen molar-refractivity contribution < 1.29 is 9.47 Å². The molecule has 1 aliphatic heterocycles. The van der Waals surface area contributed by atoms with Gasteiger partial charge in [-0.2, -0.15) is 0 Å². The van der Waals surface area contributed by atoms with Crippen LogP contribution in [-0.4, -0.2) is 19.3 Å². The predicted octanol–water partition coefficient (Wildman–Crippen LogP) is 5.08. The molecule has 1 saturated heterocycles. The molecule has 2 rings (SSSR count). The fourth-order valence-electron chi connectivity index (χ4n) is 2.71. The minimum absolute atomic E-state index is 0.170. The molecule has 0 aliphatic carbocycles. The lowest BCUT2D eigenvalue weighted by Crippen LogP contribution is -2.16. The van der Waals surface area contributed by atoms with Crippen LogP contribution in [0.2, 0.25) is 0 Å². The van der Waals surface area contributed by atoms with Gasteiger partial charge >= 0.3 is 0 Å². The SMILES string of the molecule is COc1c(C)cc(Br)c(C)c1C(Br)C1CCC(C)O1. The van der Waals surface area contributed by atoms with Crippen LogP contribution in [0.1, 0.15) is 41.3 Å². The largest absolute Gasteiger partial charge is 0.496 e. The lowest BCUT2D eigenvalue weighted by Gasteiger charge is -2.24. The Morgan fingerprint density at radius 2 is 2.05 bits per heavy atom. The second-order valence-electron chi connectivity index (χ2n) is 5.21. The molecule has 1 aromatic carbocycles. The zero-order chi connectivity index (χ0) is 14.2. The van der Waals surface area contributed by atoms with Gasteiger partial charge in [0.2, 0.25) is 0 Å². The minimum Gasteiger partial charge on any atom is -0.496 e. The van der Waals surface area contributed by atoms with Crippen molar-refractivity contribution in [3.63, 3.8) is 0 Å². The van der Waals surface area contributed by atoms with Crippen molar-refractivity contribution in [2.45, 2.75) is 50.6 Å². The molecular formula is C15H20Br2O2. The molecule has 106 valence electrons. The van der Waals surface area contributed by atoms with Gasteiger partial charge in [-0.3, -0.25) is 0 Å². The lowest BCUT2D eigenvalue weighted by molar-refractivity contribution is 0.0552. The molecule has 4 heteroatoms. The molecule has 0 radical (unpaired) electrons. The van der Waals surface area contributed by atoms with E-state index in [0.717, 1.165) is 28.6 Å². The van der Waals surface area contributed by atoms with Crippen molar-refractivity contribution in [1.82, 2.24) is 0 Å². The first-order valence-corrected chi connectivity index (χ1v) is 8.29. The maximum absolute atomic E-state index is 5.99. The number of ether oxygens (including phenoxy) is 2. The Hall–Kier alpha value is -0.0600. The Kier molecular flexibility index (Phi) is 4.96. The molecule has 19 heavy (non-hydrogen) atoms. The summed E-state index contributed by atoms with van der Waals surface area (Å²) in [5.41, 5.74) is 3.56. The Labute approximate surface area is 132 Å². The van der Waals surface area contributed by atoms with Crippen LogP contribution in [0.15, 0.2) is 10.5 Å². The molecule has 0 amide bonds. The first kappa shape index (κ1) is 15.3. The minimum atomic E-state index is 0.170. The molecule has 0 aromatic heterocycles. The maximum atomic E-state index is 5.99. The highest BCUT2D eigenvalue weighted by molar-refractivity contribution is 9.10. The molecule has 0 spiro atoms. The third kappa shape index (κ3) is 3.01. The van der Waals surface area contributed by atoms with Gasteiger partial charge in [-0.15, -0.1) is 0 Å². The zero-order valence-corrected chi connectivity index (χ0v) is 15.0. The summed E-state index contributed by atoms with van der Waals surface area (Å²) in [7, 11) is 1.73. The molecular weight excluding hydrogens is 372 g/mol. The van der Waals surface area contributed by atoms with E-state index in [0.29, 0.717) is 6.10 Å². The van der Waals surface area contributed by atoms with E-state index in [2.05, 4.69) is 58.7 Å². The Bertz CT molecular complexity index is 474. The number of rotatable bonds is 3. The van der Waals surface area contributed by atoms with Crippen LogP contribution >= 0.6 is 31.9 Å². The second-order valence-corrected chi connectivity index (χ2v) is 7.05. The second kappa shape index (κ2) is 6.15. The van der Waals surface area contributed by atoms with Gasteiger partial charge in [0.15, 0.2) is 0 Å². The molecule has 1 fully saturated rings. The molecule has 3 unspecified atom stereocenters. The highest BCUT2D eigenvalue weighted by Gasteiger charge is 2.32. The van der Waals surface area contributed by atoms with E-state index >= 15 is 0 Å². The molecule has 0 bridgehead atoms. The number of halogens is 2. The van der Waals surface area contributed by atoms with Crippen molar-refractivity contribution in [2.24, 2.45) is 0 Å². The summed E-state index contributed by atoms with van der Waals surface area (Å²) < 4.78 is 12.7. The Morgan fingerprint density at radius 1 is 1.37 bits per heavy atom. The topological polar surface area (TPSA) is 18.5 Å². The van der Waals surface area contributed by atoms with Gasteiger partial charge in [-0.1, -0.05) is 31.9 Å². The highest BCUT2D eigenvalue weighted by Crippen LogP contribution is 2.44. The van der Waals surface area contributed by atoms with Crippen LogP contribution in [0.25, 0.3) is 0 Å². The van der Waals surface area contributed by atoms with Gasteiger partial charge in [-0.25, -0.2) is 0 Å². The van der Waals surface area contributed by atoms with Crippen LogP contribution in [0.3, 0.4) is 0 Å². The first-order chi connectivity index (χ1) is 8.95. The predicted molar refractivity (Wildman–Crippen MR) is 85.4 cm³/mol. The average molecular weight is 392 g/mol. The van der Waals surface area contributed by atoms with Gasteiger partial charge in [0.25, 0.3) is 0 Å². The summed E-state index contributed by atoms with van der Waals surface area (Å²) in [5.74, 6) is 0.964. The molecule has 0 N–H and O–H groups in total. The number of methoxy groups -OCH3 is 1. The monoisotopic (exact) mass is 390 g/mol. The maximum Gasteiger partial charge on any atom is 0.126 e. The molecule has 1 aromatic rings. The number of hydrogen-bond acceptors (Lipinski definition) is 2. The van der Waals surface area contributed by atoms with Crippen molar-refractivity contribution in [3.05, 3.63) is 27.2 Å². The van der Waals surface area contributed by atoms with Crippen LogP contribution in [0.5, 0.6) is 5.75 Å². The number of aryl methyl sites for hydroxylation is 1. The van der Waals surface area contributed by atoms with Gasteiger partial charge in [0.05, 0.1) is 24.1 Å². The number of alkyl halides is 1. The highest BCUT2D eigenvalue weighted by atomic mass is 79.9. The van der Waals surface area contributed by atoms with Gasteiger partial charge in [0.1, 0.15) is 5.75 Å². The van der Waals surface area contributed by atoms with Crippen LogP contribution < -0.4 is 4.74 Å². The first-order valence-electron chi connectivity index (χ1n) is 6.58. The summed E-state index contributed by atoms with van der Waals surface area (Å²) in [6.45, 7) is 6.33. The Balaban J connectivity index is 2.42. The quantitative estimate of drug-likeness (QED) is 0.669. The summed E-state index contributed by atoms with van der Waals surface area (Å²) in [6.07, 6.45) is 2.78. The average Bonchev–Trinajstić information content (AvgIpc) is 2.79. The van der Waals surface area contributed by atoms with E-state index in [-0.39, 0.29) is 10.9 Å². The summed E-state index contributed by atoms with van der Waals surface area (Å²) >= 11 is 7.46. The molecule has 0 saturated carbocycles. The van der Waals surface area contributed by atoms with Crippen molar-refractivity contribution >= 4 is 31.9 Å². The van der Waals surface area contributed by atoms with Crippen molar-refractivity contribution in [3.8, 4) is 5.75 Å². The Morgan fingerprint density at radius 3 is 2.58 bits per heavy atom. The fourth-order valence-corrected chi connectivity index (χ4v) is 4.21. The van der Waals surface area contributed by atoms with Gasteiger partial charge in [0, 0.05) is 10.0 Å². The van der Waals surface area contributed by atoms with Gasteiger partial charge in [-0.05, 0) is 50.8 Å². The standard InChI is InChI=1S/C15H20Br2O2/c1-8-7-11(16)10(3)13(15(8)18-4)14(17)12-6-5-9(2)19-12/h7,9,12,14H,5-6H2,1-4H3. The lowest BCUT2D eigenvalue weighted by atomic mass is 9.97. The fraction of sp³-hybridized carbons (Fsp3) is 0.600. The van der Waals surface area contributed by atoms with E-state index in [1.54, 1.807) is 7.11 Å². The number of hydrogen-bond donors (Lipinski definition) is 0. The summed E-state index contributed by atoms with van der Waals surface area (Å²) in [5, 5.41) is 0. The molecule has 1 heterocycles. The van der Waals surface area contributed by atoms with Gasteiger partial charge < -0.3 is 9.47 Å². The van der Waals surface area contributed by atoms with E-state index in [1.165, 1.54) is 11.1 Å². The summed E-state index contributed by atoms with van der Waals surface area (Å²) in [6, 6.07) is 2.11. The van der Waals surface area contributed by atoms with E-state index in [1.807, 2.05) is 0 Å². The third-order valence-corrected chi connectivity index (χ3v) is 5.65. The van der Waals surface area contributed by atoms with Crippen LogP contribution in [0, 0.1) is 13.8 Å². The summed E-state index contributed by atoms with van der Waals surface area (Å²) in [4.78, 5) is 0.170. The molecule has 1 aliphatic rings. The van der Waals surface area contributed by atoms with Crippen LogP contribution in [0.4, 0.5) is 0 Å². The smallest absolute Gasteiger partial charge is 0.126 e. The van der Waals surface area contributed by atoms with E-state index < -0.39 is 0 Å². The normalized spacial score (nSPS) is 24.5. The van der Waals surface area contributed by atoms with E-state index in [9.17, 15) is 0 Å². The van der Waals surface area contributed by atoms with Crippen LogP contribution in [-0.2, 0) is 4.74 Å². The van der Waals surface area contributed by atoms with Crippen molar-refractivity contribution in [2.75, 3.05) is 7.11 Å². The molecule has 3 atom stereocenters. The third-order valence-electron chi connectivity index (χ3n) is 3.78. The van der Waals surface area contributed by atoms with Crippen molar-refractivity contribution in [1.29, 1.82) is 0 Å². The van der Waals surface area contributed by atoms with E-state index in [4.69, 9.17) is 9.47 Å². The number of benzene rings is 1. The zero-order valence-electron chi connectivity index (χ0n) is 11.8.